The second-order valence-corrected chi connectivity index (χ2v) is 3.05. The Labute approximate surface area is 79.3 Å². The van der Waals surface area contributed by atoms with Crippen LogP contribution in [0.3, 0.4) is 0 Å². The highest BCUT2D eigenvalue weighted by Gasteiger charge is 2.10. The van der Waals surface area contributed by atoms with Gasteiger partial charge in [0.2, 0.25) is 0 Å². The van der Waals surface area contributed by atoms with Crippen molar-refractivity contribution in [1.29, 1.82) is 0 Å². The topological polar surface area (TPSA) is 42.2 Å². The zero-order valence-electron chi connectivity index (χ0n) is 7.27. The minimum atomic E-state index is -0.957. The van der Waals surface area contributed by atoms with Gasteiger partial charge in [-0.2, -0.15) is 4.79 Å². The number of para-hydroxylation sites is 1. The van der Waals surface area contributed by atoms with Crippen molar-refractivity contribution in [3.63, 3.8) is 0 Å². The number of benzene rings is 1. The van der Waals surface area contributed by atoms with Crippen molar-refractivity contribution in [1.82, 2.24) is 4.79 Å². The number of halogens is 1. The van der Waals surface area contributed by atoms with Crippen LogP contribution >= 0.6 is 0 Å². The van der Waals surface area contributed by atoms with Crippen molar-refractivity contribution < 1.29 is 14.4 Å². The summed E-state index contributed by atoms with van der Waals surface area (Å²) in [5.74, 6) is -0.957. The van der Waals surface area contributed by atoms with Crippen LogP contribution in [0.25, 0.3) is 10.9 Å². The zero-order valence-corrected chi connectivity index (χ0v) is 7.27. The van der Waals surface area contributed by atoms with Crippen molar-refractivity contribution in [3.05, 3.63) is 36.0 Å². The van der Waals surface area contributed by atoms with Gasteiger partial charge in [-0.25, -0.2) is 0 Å². The van der Waals surface area contributed by atoms with Crippen molar-refractivity contribution >= 4 is 16.9 Å². The Morgan fingerprint density at radius 3 is 2.86 bits per heavy atom. The third-order valence-electron chi connectivity index (χ3n) is 2.09. The second kappa shape index (κ2) is 3.14. The lowest BCUT2D eigenvalue weighted by Gasteiger charge is -1.92. The molecule has 1 aromatic carbocycles. The molecular formula is C10H8FNO2. The maximum absolute atomic E-state index is 13.2. The number of fused-ring (bicyclic) bond motifs is 1. The van der Waals surface area contributed by atoms with Crippen LogP contribution in [0.2, 0.25) is 0 Å². The van der Waals surface area contributed by atoms with Crippen molar-refractivity contribution in [2.24, 2.45) is 0 Å². The van der Waals surface area contributed by atoms with Crippen LogP contribution in [-0.4, -0.2) is 15.9 Å². The standard InChI is InChI=1S/C10H8FNO2/c11-12-6-7(5-10(13)14)8-3-1-2-4-9(8)12/h1-4,6H,5H2,(H,13,14). The molecule has 3 nitrogen and oxygen atoms in total. The van der Waals surface area contributed by atoms with Gasteiger partial charge < -0.3 is 5.11 Å². The molecule has 0 unspecified atom stereocenters. The van der Waals surface area contributed by atoms with Gasteiger partial charge in [0.15, 0.2) is 0 Å². The Balaban J connectivity index is 2.60. The minimum absolute atomic E-state index is 0.155. The third kappa shape index (κ3) is 1.35. The van der Waals surface area contributed by atoms with E-state index in [1.807, 2.05) is 0 Å². The maximum Gasteiger partial charge on any atom is 0.307 e. The first kappa shape index (κ1) is 8.74. The molecule has 0 bridgehead atoms. The molecule has 2 aromatic rings. The Morgan fingerprint density at radius 2 is 2.14 bits per heavy atom. The van der Waals surface area contributed by atoms with Gasteiger partial charge in [0.05, 0.1) is 11.9 Å². The fourth-order valence-electron chi connectivity index (χ4n) is 1.51. The second-order valence-electron chi connectivity index (χ2n) is 3.05. The Hall–Kier alpha value is -1.84. The number of rotatable bonds is 2. The Bertz CT molecular complexity index is 490. The lowest BCUT2D eigenvalue weighted by Crippen LogP contribution is -1.98. The molecule has 0 saturated carbocycles. The molecule has 0 spiro atoms. The van der Waals surface area contributed by atoms with Crippen molar-refractivity contribution in [3.8, 4) is 0 Å². The fraction of sp³-hybridized carbons (Fsp3) is 0.100. The molecule has 14 heavy (non-hydrogen) atoms. The molecule has 0 saturated heterocycles. The predicted molar refractivity (Wildman–Crippen MR) is 49.8 cm³/mol. The average Bonchev–Trinajstić information content (AvgIpc) is 2.44. The monoisotopic (exact) mass is 193 g/mol. The number of hydrogen-bond acceptors (Lipinski definition) is 1. The molecule has 0 aliphatic carbocycles. The van der Waals surface area contributed by atoms with E-state index in [2.05, 4.69) is 0 Å². The van der Waals surface area contributed by atoms with Crippen LogP contribution in [0.5, 0.6) is 0 Å². The molecule has 1 N–H and O–H groups in total. The van der Waals surface area contributed by atoms with Crippen LogP contribution in [-0.2, 0) is 11.2 Å². The summed E-state index contributed by atoms with van der Waals surface area (Å²) in [7, 11) is 0. The molecular weight excluding hydrogens is 185 g/mol. The van der Waals surface area contributed by atoms with E-state index in [0.29, 0.717) is 21.3 Å². The molecule has 72 valence electrons. The van der Waals surface area contributed by atoms with Gasteiger partial charge in [-0.05, 0) is 11.6 Å². The molecule has 0 amide bonds. The van der Waals surface area contributed by atoms with Gasteiger partial charge in [0.1, 0.15) is 0 Å². The summed E-state index contributed by atoms with van der Waals surface area (Å²) in [6.07, 6.45) is 1.05. The van der Waals surface area contributed by atoms with Gasteiger partial charge in [-0.15, -0.1) is 0 Å². The van der Waals surface area contributed by atoms with Crippen LogP contribution in [0.4, 0.5) is 4.48 Å². The zero-order chi connectivity index (χ0) is 10.1. The first-order chi connectivity index (χ1) is 6.68. The highest BCUT2D eigenvalue weighted by molar-refractivity contribution is 5.87. The SMILES string of the molecule is O=C(O)Cc1cn(F)c2ccccc12. The van der Waals surface area contributed by atoms with Crippen LogP contribution in [0.1, 0.15) is 5.56 Å². The van der Waals surface area contributed by atoms with E-state index in [9.17, 15) is 9.28 Å². The van der Waals surface area contributed by atoms with Crippen LogP contribution in [0.15, 0.2) is 30.5 Å². The van der Waals surface area contributed by atoms with Gasteiger partial charge in [0, 0.05) is 11.6 Å². The summed E-state index contributed by atoms with van der Waals surface area (Å²) in [6.45, 7) is 0. The molecule has 1 heterocycles. The van der Waals surface area contributed by atoms with Gasteiger partial charge in [0.25, 0.3) is 0 Å². The Morgan fingerprint density at radius 1 is 1.43 bits per heavy atom. The molecule has 1 aromatic heterocycles. The van der Waals surface area contributed by atoms with Gasteiger partial charge in [-0.1, -0.05) is 22.7 Å². The summed E-state index contributed by atoms with van der Waals surface area (Å²) in [6, 6.07) is 6.79. The van der Waals surface area contributed by atoms with E-state index in [1.54, 1.807) is 24.3 Å². The van der Waals surface area contributed by atoms with Crippen LogP contribution < -0.4 is 0 Å². The highest BCUT2D eigenvalue weighted by Crippen LogP contribution is 2.21. The molecule has 0 aliphatic heterocycles. The lowest BCUT2D eigenvalue weighted by molar-refractivity contribution is -0.136. The van der Waals surface area contributed by atoms with Gasteiger partial charge >= 0.3 is 5.97 Å². The van der Waals surface area contributed by atoms with E-state index < -0.39 is 5.97 Å². The number of hydrogen-bond donors (Lipinski definition) is 1. The van der Waals surface area contributed by atoms with E-state index in [4.69, 9.17) is 5.11 Å². The van der Waals surface area contributed by atoms with E-state index >= 15 is 0 Å². The Kier molecular flexibility index (Phi) is 1.96. The number of carbonyl (C=O) groups is 1. The summed E-state index contributed by atoms with van der Waals surface area (Å²) in [5, 5.41) is 9.25. The largest absolute Gasteiger partial charge is 0.481 e. The summed E-state index contributed by atoms with van der Waals surface area (Å²) in [5.41, 5.74) is 0.902. The number of carboxylic acids is 1. The fourth-order valence-corrected chi connectivity index (χ4v) is 1.51. The quantitative estimate of drug-likeness (QED) is 0.792. The summed E-state index contributed by atoms with van der Waals surface area (Å²) in [4.78, 5) is 10.9. The molecule has 0 atom stereocenters. The molecule has 4 heteroatoms. The number of aliphatic carboxylic acids is 1. The van der Waals surface area contributed by atoms with Crippen LogP contribution in [0, 0.1) is 0 Å². The number of carboxylic acid groups (broad SMARTS) is 1. The molecule has 2 rings (SSSR count). The van der Waals surface area contributed by atoms with E-state index in [-0.39, 0.29) is 6.42 Å². The first-order valence-corrected chi connectivity index (χ1v) is 4.15. The smallest absolute Gasteiger partial charge is 0.307 e. The van der Waals surface area contributed by atoms with Crippen molar-refractivity contribution in [2.75, 3.05) is 0 Å². The van der Waals surface area contributed by atoms with Crippen molar-refractivity contribution in [2.45, 2.75) is 6.42 Å². The van der Waals surface area contributed by atoms with E-state index in [1.165, 1.54) is 6.20 Å². The minimum Gasteiger partial charge on any atom is -0.481 e. The summed E-state index contributed by atoms with van der Waals surface area (Å²) < 4.78 is 13.2. The highest BCUT2D eigenvalue weighted by atomic mass is 19.2. The maximum atomic E-state index is 13.2. The first-order valence-electron chi connectivity index (χ1n) is 4.15. The number of aromatic nitrogens is 1. The molecule has 0 aliphatic rings. The van der Waals surface area contributed by atoms with Gasteiger partial charge in [-0.3, -0.25) is 4.79 Å². The molecule has 0 fully saturated rings. The average molecular weight is 193 g/mol. The lowest BCUT2D eigenvalue weighted by atomic mass is 10.1. The number of nitrogens with zero attached hydrogens (tertiary/aromatic N) is 1. The normalized spacial score (nSPS) is 10.6. The third-order valence-corrected chi connectivity index (χ3v) is 2.09. The predicted octanol–water partition coefficient (Wildman–Crippen LogP) is 2.00. The molecule has 0 radical (unpaired) electrons. The van der Waals surface area contributed by atoms with E-state index in [0.717, 1.165) is 0 Å². The summed E-state index contributed by atoms with van der Waals surface area (Å²) >= 11 is 0.